The number of carbonyl (C=O) groups excluding carboxylic acids is 1. The quantitative estimate of drug-likeness (QED) is 0.500. The highest BCUT2D eigenvalue weighted by Gasteiger charge is 2.33. The topological polar surface area (TPSA) is 83.0 Å². The molecule has 9 heteroatoms. The molecule has 1 atom stereocenters. The predicted octanol–water partition coefficient (Wildman–Crippen LogP) is 3.16. The van der Waals surface area contributed by atoms with Gasteiger partial charge in [-0.05, 0) is 59.6 Å². The minimum atomic E-state index is -0.684. The zero-order chi connectivity index (χ0) is 22.1. The van der Waals surface area contributed by atoms with Crippen LogP contribution in [-0.2, 0) is 9.53 Å². The maximum absolute atomic E-state index is 13.4. The number of rotatable bonds is 5. The number of allylic oxidation sites excluding steroid dienone is 1. The molecule has 0 aliphatic carbocycles. The van der Waals surface area contributed by atoms with Crippen LogP contribution in [0.3, 0.4) is 0 Å². The first-order valence-electron chi connectivity index (χ1n) is 9.51. The second-order valence-electron chi connectivity index (χ2n) is 6.71. The van der Waals surface area contributed by atoms with Crippen molar-refractivity contribution >= 4 is 39.3 Å². The van der Waals surface area contributed by atoms with E-state index in [0.717, 1.165) is 5.56 Å². The summed E-state index contributed by atoms with van der Waals surface area (Å²) in [5.41, 5.74) is 1.32. The number of carbonyl (C=O) groups is 1. The first kappa shape index (κ1) is 21.3. The minimum Gasteiger partial charge on any atom is -0.496 e. The van der Waals surface area contributed by atoms with E-state index in [0.29, 0.717) is 36.6 Å². The fraction of sp³-hybridized carbons (Fsp3) is 0.227. The average molecular weight is 503 g/mol. The number of methoxy groups -OCH3 is 1. The molecule has 1 aliphatic heterocycles. The molecule has 31 heavy (non-hydrogen) atoms. The summed E-state index contributed by atoms with van der Waals surface area (Å²) >= 11 is 4.74. The van der Waals surface area contributed by atoms with Gasteiger partial charge in [0.25, 0.3) is 5.56 Å². The number of thiazole rings is 1. The van der Waals surface area contributed by atoms with E-state index in [-0.39, 0.29) is 12.2 Å². The van der Waals surface area contributed by atoms with Crippen molar-refractivity contribution < 1.29 is 18.7 Å². The predicted molar refractivity (Wildman–Crippen MR) is 120 cm³/mol. The van der Waals surface area contributed by atoms with Crippen molar-refractivity contribution in [2.75, 3.05) is 13.7 Å². The van der Waals surface area contributed by atoms with Gasteiger partial charge in [-0.1, -0.05) is 17.4 Å². The number of hydrogen-bond donors (Lipinski definition) is 0. The third kappa shape index (κ3) is 3.90. The molecule has 0 spiro atoms. The van der Waals surface area contributed by atoms with Gasteiger partial charge in [-0.15, -0.1) is 0 Å². The van der Waals surface area contributed by atoms with Crippen LogP contribution < -0.4 is 19.6 Å². The number of furan rings is 1. The van der Waals surface area contributed by atoms with Crippen LogP contribution in [0.2, 0.25) is 0 Å². The first-order chi connectivity index (χ1) is 14.9. The molecule has 0 bridgehead atoms. The van der Waals surface area contributed by atoms with Crippen molar-refractivity contribution in [3.8, 4) is 5.75 Å². The number of ether oxygens (including phenoxy) is 2. The van der Waals surface area contributed by atoms with Crippen molar-refractivity contribution in [3.05, 3.63) is 83.3 Å². The average Bonchev–Trinajstić information content (AvgIpc) is 3.35. The second kappa shape index (κ2) is 8.68. The van der Waals surface area contributed by atoms with Gasteiger partial charge in [-0.25, -0.2) is 9.79 Å². The maximum Gasteiger partial charge on any atom is 0.338 e. The fourth-order valence-electron chi connectivity index (χ4n) is 3.46. The Morgan fingerprint density at radius 2 is 2.19 bits per heavy atom. The number of benzene rings is 1. The summed E-state index contributed by atoms with van der Waals surface area (Å²) in [7, 11) is 1.57. The molecule has 0 saturated heterocycles. The highest BCUT2D eigenvalue weighted by atomic mass is 79.9. The van der Waals surface area contributed by atoms with Gasteiger partial charge in [-0.3, -0.25) is 9.36 Å². The van der Waals surface area contributed by atoms with E-state index in [4.69, 9.17) is 13.9 Å². The maximum atomic E-state index is 13.4. The highest BCUT2D eigenvalue weighted by molar-refractivity contribution is 9.10. The van der Waals surface area contributed by atoms with Gasteiger partial charge in [0.05, 0.1) is 46.3 Å². The summed E-state index contributed by atoms with van der Waals surface area (Å²) in [4.78, 5) is 31.3. The number of nitrogens with zero attached hydrogens (tertiary/aromatic N) is 2. The van der Waals surface area contributed by atoms with Crippen LogP contribution in [0.4, 0.5) is 0 Å². The van der Waals surface area contributed by atoms with Crippen LogP contribution in [0.5, 0.6) is 5.75 Å². The Labute approximate surface area is 190 Å². The van der Waals surface area contributed by atoms with E-state index in [1.54, 1.807) is 51.5 Å². The van der Waals surface area contributed by atoms with E-state index in [1.165, 1.54) is 15.9 Å². The lowest BCUT2D eigenvalue weighted by molar-refractivity contribution is -0.139. The standard InChI is InChI=1S/C22H19BrN2O5S/c1-4-29-21(27)18-12(2)24-22-25(19(18)13-7-8-16(28-3)15(23)10-13)20(26)17(31-22)11-14-6-5-9-30-14/h5-11,19H,4H2,1-3H3/t19-/m0/s1. The van der Waals surface area contributed by atoms with Gasteiger partial charge in [0.2, 0.25) is 0 Å². The molecule has 0 saturated carbocycles. The molecule has 4 rings (SSSR count). The van der Waals surface area contributed by atoms with Gasteiger partial charge in [0, 0.05) is 6.08 Å². The van der Waals surface area contributed by atoms with Crippen molar-refractivity contribution in [3.63, 3.8) is 0 Å². The molecule has 7 nitrogen and oxygen atoms in total. The Hall–Kier alpha value is -2.91. The van der Waals surface area contributed by atoms with Gasteiger partial charge in [0.1, 0.15) is 11.5 Å². The van der Waals surface area contributed by atoms with Crippen molar-refractivity contribution in [1.29, 1.82) is 0 Å². The molecule has 1 aliphatic rings. The van der Waals surface area contributed by atoms with Gasteiger partial charge >= 0.3 is 5.97 Å². The zero-order valence-electron chi connectivity index (χ0n) is 17.0. The summed E-state index contributed by atoms with van der Waals surface area (Å²) in [5.74, 6) is 0.712. The summed E-state index contributed by atoms with van der Waals surface area (Å²) in [6.07, 6.45) is 3.22. The third-order valence-corrected chi connectivity index (χ3v) is 6.43. The van der Waals surface area contributed by atoms with Crippen molar-refractivity contribution in [1.82, 2.24) is 4.57 Å². The molecule has 2 aromatic heterocycles. The minimum absolute atomic E-state index is 0.220. The number of esters is 1. The largest absolute Gasteiger partial charge is 0.496 e. The van der Waals surface area contributed by atoms with Crippen molar-refractivity contribution in [2.24, 2.45) is 4.99 Å². The van der Waals surface area contributed by atoms with Crippen LogP contribution in [0, 0.1) is 0 Å². The van der Waals surface area contributed by atoms with Crippen LogP contribution in [0.15, 0.2) is 66.5 Å². The summed E-state index contributed by atoms with van der Waals surface area (Å²) in [5, 5.41) is 0. The summed E-state index contributed by atoms with van der Waals surface area (Å²) < 4.78 is 18.7. The van der Waals surface area contributed by atoms with E-state index < -0.39 is 12.0 Å². The lowest BCUT2D eigenvalue weighted by Crippen LogP contribution is -2.39. The molecule has 1 aromatic carbocycles. The molecular weight excluding hydrogens is 484 g/mol. The van der Waals surface area contributed by atoms with Crippen LogP contribution in [0.25, 0.3) is 6.08 Å². The monoisotopic (exact) mass is 502 g/mol. The molecule has 3 aromatic rings. The number of hydrogen-bond acceptors (Lipinski definition) is 7. The lowest BCUT2D eigenvalue weighted by atomic mass is 9.96. The SMILES string of the molecule is CCOC(=O)C1=C(C)N=c2sc(=Cc3ccco3)c(=O)n2[C@H]1c1ccc(OC)c(Br)c1. The lowest BCUT2D eigenvalue weighted by Gasteiger charge is -2.25. The molecule has 3 heterocycles. The molecular formula is C22H19BrN2O5S. The smallest absolute Gasteiger partial charge is 0.338 e. The van der Waals surface area contributed by atoms with Gasteiger partial charge < -0.3 is 13.9 Å². The Morgan fingerprint density at radius 3 is 2.84 bits per heavy atom. The fourth-order valence-corrected chi connectivity index (χ4v) is 5.05. The Bertz CT molecular complexity index is 1350. The molecule has 0 radical (unpaired) electrons. The first-order valence-corrected chi connectivity index (χ1v) is 11.1. The van der Waals surface area contributed by atoms with Gasteiger partial charge in [0.15, 0.2) is 4.80 Å². The molecule has 0 fully saturated rings. The van der Waals surface area contributed by atoms with Crippen LogP contribution in [0.1, 0.15) is 31.2 Å². The molecule has 0 N–H and O–H groups in total. The van der Waals surface area contributed by atoms with Crippen LogP contribution >= 0.6 is 27.3 Å². The second-order valence-corrected chi connectivity index (χ2v) is 8.58. The Morgan fingerprint density at radius 1 is 1.39 bits per heavy atom. The van der Waals surface area contributed by atoms with Crippen LogP contribution in [-0.4, -0.2) is 24.3 Å². The number of aromatic nitrogens is 1. The molecule has 0 amide bonds. The van der Waals surface area contributed by atoms with E-state index in [2.05, 4.69) is 20.9 Å². The normalized spacial score (nSPS) is 16.1. The van der Waals surface area contributed by atoms with E-state index in [9.17, 15) is 9.59 Å². The zero-order valence-corrected chi connectivity index (χ0v) is 19.5. The summed E-state index contributed by atoms with van der Waals surface area (Å²) in [6.45, 7) is 3.71. The molecule has 160 valence electrons. The summed E-state index contributed by atoms with van der Waals surface area (Å²) in [6, 6.07) is 8.29. The van der Waals surface area contributed by atoms with E-state index in [1.807, 2.05) is 12.1 Å². The van der Waals surface area contributed by atoms with E-state index >= 15 is 0 Å². The molecule has 0 unspecified atom stereocenters. The Balaban J connectivity index is 1.97. The van der Waals surface area contributed by atoms with Gasteiger partial charge in [-0.2, -0.15) is 0 Å². The van der Waals surface area contributed by atoms with Crippen molar-refractivity contribution in [2.45, 2.75) is 19.9 Å². The third-order valence-electron chi connectivity index (χ3n) is 4.83. The highest BCUT2D eigenvalue weighted by Crippen LogP contribution is 2.34. The number of fused-ring (bicyclic) bond motifs is 1. The Kier molecular flexibility index (Phi) is 5.97. The number of halogens is 1.